The number of benzene rings is 2. The van der Waals surface area contributed by atoms with E-state index in [-0.39, 0.29) is 5.91 Å². The molecule has 1 saturated heterocycles. The Balaban J connectivity index is 1.78. The minimum atomic E-state index is -0.0443. The molecule has 4 heteroatoms. The summed E-state index contributed by atoms with van der Waals surface area (Å²) in [6.45, 7) is 11.4. The molecule has 1 N–H and O–H groups in total. The Morgan fingerprint density at radius 3 is 2.44 bits per heavy atom. The number of aryl methyl sites for hydroxylation is 2. The highest BCUT2D eigenvalue weighted by atomic mass is 16.1. The van der Waals surface area contributed by atoms with Crippen molar-refractivity contribution in [3.05, 3.63) is 59.2 Å². The van der Waals surface area contributed by atoms with Crippen molar-refractivity contribution in [1.82, 2.24) is 4.90 Å². The summed E-state index contributed by atoms with van der Waals surface area (Å²) in [5, 5.41) is 3.12. The first-order valence-electron chi connectivity index (χ1n) is 9.03. The topological polar surface area (TPSA) is 35.6 Å². The quantitative estimate of drug-likeness (QED) is 0.924. The Kier molecular flexibility index (Phi) is 5.39. The lowest BCUT2D eigenvalue weighted by molar-refractivity contribution is 0.102. The number of anilines is 2. The molecule has 0 radical (unpaired) electrons. The highest BCUT2D eigenvalue weighted by Gasteiger charge is 2.19. The number of nitrogens with zero attached hydrogens (tertiary/aromatic N) is 2. The second-order valence-electron chi connectivity index (χ2n) is 6.71. The molecule has 0 spiro atoms. The van der Waals surface area contributed by atoms with Gasteiger partial charge in [0.05, 0.1) is 11.4 Å². The zero-order chi connectivity index (χ0) is 17.8. The van der Waals surface area contributed by atoms with Crippen LogP contribution in [0.4, 0.5) is 11.4 Å². The zero-order valence-electron chi connectivity index (χ0n) is 15.4. The number of para-hydroxylation sites is 2. The van der Waals surface area contributed by atoms with Crippen LogP contribution in [-0.4, -0.2) is 43.5 Å². The third kappa shape index (κ3) is 4.02. The summed E-state index contributed by atoms with van der Waals surface area (Å²) in [6, 6.07) is 14.0. The number of carbonyl (C=O) groups excluding carboxylic acids is 1. The SMILES string of the molecule is CCN1CCN(c2ccccc2NC(=O)c2ccc(C)cc2C)CC1. The van der Waals surface area contributed by atoms with E-state index < -0.39 is 0 Å². The average Bonchev–Trinajstić information content (AvgIpc) is 2.62. The van der Waals surface area contributed by atoms with E-state index >= 15 is 0 Å². The summed E-state index contributed by atoms with van der Waals surface area (Å²) >= 11 is 0. The van der Waals surface area contributed by atoms with Crippen LogP contribution in [0.5, 0.6) is 0 Å². The molecule has 1 heterocycles. The van der Waals surface area contributed by atoms with Gasteiger partial charge in [-0.25, -0.2) is 0 Å². The largest absolute Gasteiger partial charge is 0.367 e. The Morgan fingerprint density at radius 2 is 1.76 bits per heavy atom. The van der Waals surface area contributed by atoms with Crippen LogP contribution in [0.1, 0.15) is 28.4 Å². The van der Waals surface area contributed by atoms with E-state index in [0.29, 0.717) is 0 Å². The van der Waals surface area contributed by atoms with Crippen LogP contribution in [0.15, 0.2) is 42.5 Å². The lowest BCUT2D eigenvalue weighted by Crippen LogP contribution is -2.46. The Labute approximate surface area is 150 Å². The molecule has 1 aliphatic rings. The number of hydrogen-bond acceptors (Lipinski definition) is 3. The van der Waals surface area contributed by atoms with Gasteiger partial charge in [-0.1, -0.05) is 36.8 Å². The van der Waals surface area contributed by atoms with Crippen molar-refractivity contribution in [2.45, 2.75) is 20.8 Å². The number of amides is 1. The molecular formula is C21H27N3O. The van der Waals surface area contributed by atoms with Crippen LogP contribution in [-0.2, 0) is 0 Å². The van der Waals surface area contributed by atoms with Crippen molar-refractivity contribution in [1.29, 1.82) is 0 Å². The third-order valence-electron chi connectivity index (χ3n) is 4.94. The fourth-order valence-corrected chi connectivity index (χ4v) is 3.42. The van der Waals surface area contributed by atoms with E-state index in [0.717, 1.165) is 55.2 Å². The van der Waals surface area contributed by atoms with Crippen LogP contribution in [0, 0.1) is 13.8 Å². The third-order valence-corrected chi connectivity index (χ3v) is 4.94. The number of carbonyl (C=O) groups is 1. The highest BCUT2D eigenvalue weighted by Crippen LogP contribution is 2.27. The summed E-state index contributed by atoms with van der Waals surface area (Å²) in [6.07, 6.45) is 0. The van der Waals surface area contributed by atoms with Gasteiger partial charge in [-0.3, -0.25) is 4.79 Å². The van der Waals surface area contributed by atoms with Crippen LogP contribution in [0.25, 0.3) is 0 Å². The van der Waals surface area contributed by atoms with Gasteiger partial charge in [0.1, 0.15) is 0 Å². The Morgan fingerprint density at radius 1 is 1.04 bits per heavy atom. The van der Waals surface area contributed by atoms with Crippen LogP contribution < -0.4 is 10.2 Å². The monoisotopic (exact) mass is 337 g/mol. The van der Waals surface area contributed by atoms with E-state index in [1.165, 1.54) is 5.56 Å². The molecule has 2 aromatic rings. The van der Waals surface area contributed by atoms with E-state index in [9.17, 15) is 4.79 Å². The fourth-order valence-electron chi connectivity index (χ4n) is 3.42. The van der Waals surface area contributed by atoms with Crippen molar-refractivity contribution < 1.29 is 4.79 Å². The maximum Gasteiger partial charge on any atom is 0.255 e. The first kappa shape index (κ1) is 17.5. The molecule has 0 aliphatic carbocycles. The molecule has 0 aromatic heterocycles. The molecular weight excluding hydrogens is 310 g/mol. The number of rotatable bonds is 4. The van der Waals surface area contributed by atoms with Crippen molar-refractivity contribution in [2.75, 3.05) is 42.9 Å². The van der Waals surface area contributed by atoms with E-state index in [4.69, 9.17) is 0 Å². The molecule has 1 aliphatic heterocycles. The molecule has 1 amide bonds. The van der Waals surface area contributed by atoms with Crippen molar-refractivity contribution in [3.8, 4) is 0 Å². The lowest BCUT2D eigenvalue weighted by atomic mass is 10.0. The molecule has 4 nitrogen and oxygen atoms in total. The predicted octanol–water partition coefficient (Wildman–Crippen LogP) is 3.70. The van der Waals surface area contributed by atoms with E-state index in [1.54, 1.807) is 0 Å². The second-order valence-corrected chi connectivity index (χ2v) is 6.71. The molecule has 0 saturated carbocycles. The number of hydrogen-bond donors (Lipinski definition) is 1. The minimum absolute atomic E-state index is 0.0443. The molecule has 25 heavy (non-hydrogen) atoms. The minimum Gasteiger partial charge on any atom is -0.367 e. The molecule has 0 bridgehead atoms. The first-order chi connectivity index (χ1) is 12.1. The molecule has 1 fully saturated rings. The van der Waals surface area contributed by atoms with Crippen molar-refractivity contribution in [3.63, 3.8) is 0 Å². The maximum atomic E-state index is 12.7. The summed E-state index contributed by atoms with van der Waals surface area (Å²) in [7, 11) is 0. The molecule has 2 aromatic carbocycles. The second kappa shape index (κ2) is 7.70. The molecule has 0 atom stereocenters. The summed E-state index contributed by atoms with van der Waals surface area (Å²) in [5.41, 5.74) is 4.90. The number of likely N-dealkylation sites (N-methyl/N-ethyl adjacent to an activating group) is 1. The standard InChI is InChI=1S/C21H27N3O/c1-4-23-11-13-24(14-12-23)20-8-6-5-7-19(20)22-21(25)18-10-9-16(2)15-17(18)3/h5-10,15H,4,11-14H2,1-3H3,(H,22,25). The van der Waals surface area contributed by atoms with Crippen LogP contribution in [0.2, 0.25) is 0 Å². The molecule has 0 unspecified atom stereocenters. The average molecular weight is 337 g/mol. The van der Waals surface area contributed by atoms with Gasteiger partial charge in [-0.2, -0.15) is 0 Å². The number of piperazine rings is 1. The fraction of sp³-hybridized carbons (Fsp3) is 0.381. The zero-order valence-corrected chi connectivity index (χ0v) is 15.4. The van der Waals surface area contributed by atoms with E-state index in [1.807, 2.05) is 50.2 Å². The highest BCUT2D eigenvalue weighted by molar-refractivity contribution is 6.06. The van der Waals surface area contributed by atoms with Gasteiger partial charge < -0.3 is 15.1 Å². The Bertz CT molecular complexity index is 749. The summed E-state index contributed by atoms with van der Waals surface area (Å²) in [4.78, 5) is 17.6. The molecule has 3 rings (SSSR count). The van der Waals surface area contributed by atoms with Gasteiger partial charge in [-0.15, -0.1) is 0 Å². The lowest BCUT2D eigenvalue weighted by Gasteiger charge is -2.36. The smallest absolute Gasteiger partial charge is 0.255 e. The number of nitrogens with one attached hydrogen (secondary N) is 1. The maximum absolute atomic E-state index is 12.7. The molecule has 132 valence electrons. The summed E-state index contributed by atoms with van der Waals surface area (Å²) in [5.74, 6) is -0.0443. The van der Waals surface area contributed by atoms with Gasteiger partial charge in [0, 0.05) is 31.7 Å². The van der Waals surface area contributed by atoms with Crippen LogP contribution >= 0.6 is 0 Å². The predicted molar refractivity (Wildman–Crippen MR) is 105 cm³/mol. The van der Waals surface area contributed by atoms with E-state index in [2.05, 4.69) is 28.1 Å². The normalized spacial score (nSPS) is 15.2. The van der Waals surface area contributed by atoms with Gasteiger partial charge in [0.25, 0.3) is 5.91 Å². The van der Waals surface area contributed by atoms with Gasteiger partial charge in [-0.05, 0) is 44.2 Å². The van der Waals surface area contributed by atoms with Crippen molar-refractivity contribution >= 4 is 17.3 Å². The first-order valence-corrected chi connectivity index (χ1v) is 9.03. The van der Waals surface area contributed by atoms with Crippen LogP contribution in [0.3, 0.4) is 0 Å². The van der Waals surface area contributed by atoms with Gasteiger partial charge >= 0.3 is 0 Å². The van der Waals surface area contributed by atoms with Gasteiger partial charge in [0.15, 0.2) is 0 Å². The van der Waals surface area contributed by atoms with Crippen molar-refractivity contribution in [2.24, 2.45) is 0 Å². The summed E-state index contributed by atoms with van der Waals surface area (Å²) < 4.78 is 0. The van der Waals surface area contributed by atoms with Gasteiger partial charge in [0.2, 0.25) is 0 Å². The Hall–Kier alpha value is -2.33.